The van der Waals surface area contributed by atoms with Crippen LogP contribution in [0.5, 0.6) is 5.75 Å². The van der Waals surface area contributed by atoms with Crippen LogP contribution in [0.1, 0.15) is 0 Å². The van der Waals surface area contributed by atoms with Crippen LogP contribution in [0.2, 0.25) is 0 Å². The summed E-state index contributed by atoms with van der Waals surface area (Å²) >= 11 is 0. The second-order valence-corrected chi connectivity index (χ2v) is 5.76. The Kier molecular flexibility index (Phi) is 4.11. The molecule has 4 rings (SSSR count). The molecule has 0 radical (unpaired) electrons. The first-order valence-corrected chi connectivity index (χ1v) is 8.13. The standard InChI is InChI=1S/C21H16N2O3/c1-25-21(24)26-18-11-12-20-22-19(14-23(20)13-18)17-9-7-16(8-10-17)15-5-3-2-4-6-15/h2-14H,1H3. The molecule has 2 aromatic carbocycles. The first kappa shape index (κ1) is 15.9. The van der Waals surface area contributed by atoms with Gasteiger partial charge in [-0.2, -0.15) is 0 Å². The quantitative estimate of drug-likeness (QED) is 0.500. The number of benzene rings is 2. The molecule has 0 unspecified atom stereocenters. The second-order valence-electron chi connectivity index (χ2n) is 5.76. The van der Waals surface area contributed by atoms with E-state index in [2.05, 4.69) is 46.1 Å². The molecular weight excluding hydrogens is 328 g/mol. The normalized spacial score (nSPS) is 10.7. The molecule has 0 fully saturated rings. The fourth-order valence-electron chi connectivity index (χ4n) is 2.77. The number of fused-ring (bicyclic) bond motifs is 1. The van der Waals surface area contributed by atoms with Crippen LogP contribution in [-0.2, 0) is 4.74 Å². The number of carbonyl (C=O) groups excluding carboxylic acids is 1. The fraction of sp³-hybridized carbons (Fsp3) is 0.0476. The lowest BCUT2D eigenvalue weighted by atomic mass is 10.0. The van der Waals surface area contributed by atoms with Gasteiger partial charge in [0.05, 0.1) is 19.0 Å². The summed E-state index contributed by atoms with van der Waals surface area (Å²) < 4.78 is 11.4. The monoisotopic (exact) mass is 344 g/mol. The van der Waals surface area contributed by atoms with Crippen LogP contribution in [0.25, 0.3) is 28.0 Å². The Morgan fingerprint density at radius 3 is 2.27 bits per heavy atom. The predicted molar refractivity (Wildman–Crippen MR) is 99.1 cm³/mol. The van der Waals surface area contributed by atoms with Crippen molar-refractivity contribution in [2.45, 2.75) is 0 Å². The maximum absolute atomic E-state index is 11.2. The van der Waals surface area contributed by atoms with E-state index in [1.165, 1.54) is 12.7 Å². The van der Waals surface area contributed by atoms with Gasteiger partial charge in [-0.25, -0.2) is 9.78 Å². The van der Waals surface area contributed by atoms with Crippen LogP contribution in [0.4, 0.5) is 4.79 Å². The van der Waals surface area contributed by atoms with Gasteiger partial charge < -0.3 is 13.9 Å². The number of rotatable bonds is 3. The van der Waals surface area contributed by atoms with Crippen molar-refractivity contribution in [3.8, 4) is 28.1 Å². The van der Waals surface area contributed by atoms with Crippen molar-refractivity contribution < 1.29 is 14.3 Å². The lowest BCUT2D eigenvalue weighted by molar-refractivity contribution is 0.121. The number of hydrogen-bond donors (Lipinski definition) is 0. The molecule has 128 valence electrons. The summed E-state index contributed by atoms with van der Waals surface area (Å²) in [4.78, 5) is 15.8. The summed E-state index contributed by atoms with van der Waals surface area (Å²) in [5, 5.41) is 0. The molecule has 5 heteroatoms. The van der Waals surface area contributed by atoms with Crippen molar-refractivity contribution in [2.24, 2.45) is 0 Å². The van der Waals surface area contributed by atoms with E-state index in [-0.39, 0.29) is 0 Å². The van der Waals surface area contributed by atoms with Gasteiger partial charge in [-0.15, -0.1) is 0 Å². The first-order chi connectivity index (χ1) is 12.7. The Bertz CT molecular complexity index is 1050. The molecule has 0 bridgehead atoms. The molecule has 26 heavy (non-hydrogen) atoms. The molecule has 0 aliphatic rings. The minimum atomic E-state index is -0.749. The van der Waals surface area contributed by atoms with Gasteiger partial charge in [0.15, 0.2) is 5.75 Å². The molecule has 2 aromatic heterocycles. The molecule has 0 amide bonds. The molecule has 0 aliphatic carbocycles. The molecular formula is C21H16N2O3. The van der Waals surface area contributed by atoms with E-state index >= 15 is 0 Å². The van der Waals surface area contributed by atoms with E-state index in [4.69, 9.17) is 4.74 Å². The van der Waals surface area contributed by atoms with E-state index in [0.29, 0.717) is 5.75 Å². The largest absolute Gasteiger partial charge is 0.513 e. The van der Waals surface area contributed by atoms with Crippen molar-refractivity contribution in [1.29, 1.82) is 0 Å². The zero-order chi connectivity index (χ0) is 17.9. The van der Waals surface area contributed by atoms with Crippen LogP contribution in [0, 0.1) is 0 Å². The number of carbonyl (C=O) groups is 1. The van der Waals surface area contributed by atoms with Crippen molar-refractivity contribution in [3.05, 3.63) is 79.1 Å². The summed E-state index contributed by atoms with van der Waals surface area (Å²) in [5.41, 5.74) is 4.97. The van der Waals surface area contributed by atoms with Crippen molar-refractivity contribution in [3.63, 3.8) is 0 Å². The lowest BCUT2D eigenvalue weighted by Gasteiger charge is -2.02. The average Bonchev–Trinajstić information content (AvgIpc) is 3.12. The van der Waals surface area contributed by atoms with E-state index < -0.39 is 6.16 Å². The predicted octanol–water partition coefficient (Wildman–Crippen LogP) is 4.81. The van der Waals surface area contributed by atoms with Gasteiger partial charge >= 0.3 is 6.16 Å². The molecule has 0 saturated carbocycles. The van der Waals surface area contributed by atoms with Gasteiger partial charge in [0.25, 0.3) is 0 Å². The smallest absolute Gasteiger partial charge is 0.437 e. The van der Waals surface area contributed by atoms with Crippen LogP contribution < -0.4 is 4.74 Å². The molecule has 0 spiro atoms. The highest BCUT2D eigenvalue weighted by atomic mass is 16.7. The van der Waals surface area contributed by atoms with Crippen molar-refractivity contribution in [1.82, 2.24) is 9.38 Å². The number of pyridine rings is 1. The summed E-state index contributed by atoms with van der Waals surface area (Å²) in [6.07, 6.45) is 2.85. The Hall–Kier alpha value is -3.60. The maximum Gasteiger partial charge on any atom is 0.513 e. The van der Waals surface area contributed by atoms with Crippen LogP contribution in [-0.4, -0.2) is 22.6 Å². The average molecular weight is 344 g/mol. The number of aromatic nitrogens is 2. The Balaban J connectivity index is 1.63. The van der Waals surface area contributed by atoms with Crippen molar-refractivity contribution >= 4 is 11.8 Å². The van der Waals surface area contributed by atoms with Crippen LogP contribution in [0.3, 0.4) is 0 Å². The first-order valence-electron chi connectivity index (χ1n) is 8.13. The molecule has 0 aliphatic heterocycles. The molecule has 4 aromatic rings. The minimum absolute atomic E-state index is 0.396. The Morgan fingerprint density at radius 2 is 1.54 bits per heavy atom. The van der Waals surface area contributed by atoms with E-state index in [1.807, 2.05) is 28.8 Å². The number of imidazole rings is 1. The summed E-state index contributed by atoms with van der Waals surface area (Å²) in [5.74, 6) is 0.396. The van der Waals surface area contributed by atoms with Gasteiger partial charge in [-0.1, -0.05) is 54.6 Å². The molecule has 2 heterocycles. The second kappa shape index (κ2) is 6.72. The van der Waals surface area contributed by atoms with E-state index in [0.717, 1.165) is 22.5 Å². The third kappa shape index (κ3) is 3.15. The number of ether oxygens (including phenoxy) is 2. The summed E-state index contributed by atoms with van der Waals surface area (Å²) in [6.45, 7) is 0. The fourth-order valence-corrected chi connectivity index (χ4v) is 2.77. The van der Waals surface area contributed by atoms with E-state index in [9.17, 15) is 4.79 Å². The van der Waals surface area contributed by atoms with Crippen LogP contribution >= 0.6 is 0 Å². The van der Waals surface area contributed by atoms with Gasteiger partial charge in [-0.05, 0) is 23.3 Å². The SMILES string of the molecule is COC(=O)Oc1ccc2nc(-c3ccc(-c4ccccc4)cc3)cn2c1. The lowest BCUT2D eigenvalue weighted by Crippen LogP contribution is -2.07. The highest BCUT2D eigenvalue weighted by Gasteiger charge is 2.08. The molecule has 0 N–H and O–H groups in total. The third-order valence-electron chi connectivity index (χ3n) is 4.08. The highest BCUT2D eigenvalue weighted by Crippen LogP contribution is 2.25. The molecule has 5 nitrogen and oxygen atoms in total. The van der Waals surface area contributed by atoms with Gasteiger partial charge in [-0.3, -0.25) is 0 Å². The highest BCUT2D eigenvalue weighted by molar-refractivity contribution is 5.70. The Morgan fingerprint density at radius 1 is 0.846 bits per heavy atom. The van der Waals surface area contributed by atoms with E-state index in [1.54, 1.807) is 18.3 Å². The van der Waals surface area contributed by atoms with Gasteiger partial charge in [0, 0.05) is 11.8 Å². The number of nitrogens with zero attached hydrogens (tertiary/aromatic N) is 2. The Labute approximate surface area is 150 Å². The van der Waals surface area contributed by atoms with Crippen molar-refractivity contribution in [2.75, 3.05) is 7.11 Å². The topological polar surface area (TPSA) is 52.8 Å². The van der Waals surface area contributed by atoms with Gasteiger partial charge in [0.2, 0.25) is 0 Å². The number of hydrogen-bond acceptors (Lipinski definition) is 4. The molecule has 0 saturated heterocycles. The zero-order valence-electron chi connectivity index (χ0n) is 14.1. The van der Waals surface area contributed by atoms with Gasteiger partial charge in [0.1, 0.15) is 5.65 Å². The van der Waals surface area contributed by atoms with Crippen LogP contribution in [0.15, 0.2) is 79.1 Å². The summed E-state index contributed by atoms with van der Waals surface area (Å²) in [7, 11) is 1.27. The number of methoxy groups -OCH3 is 1. The summed E-state index contributed by atoms with van der Waals surface area (Å²) in [6, 6.07) is 22.0. The third-order valence-corrected chi connectivity index (χ3v) is 4.08. The molecule has 0 atom stereocenters. The minimum Gasteiger partial charge on any atom is -0.437 e. The zero-order valence-corrected chi connectivity index (χ0v) is 14.1. The maximum atomic E-state index is 11.2.